The number of primary amides is 1. The van der Waals surface area contributed by atoms with Gasteiger partial charge in [-0.3, -0.25) is 14.4 Å². The van der Waals surface area contributed by atoms with Gasteiger partial charge in [-0.05, 0) is 98.7 Å². The smallest absolute Gasteiger partial charge is 0.328 e. The lowest BCUT2D eigenvalue weighted by Gasteiger charge is -2.71. The van der Waals surface area contributed by atoms with Crippen molar-refractivity contribution in [1.82, 2.24) is 5.32 Å². The molecule has 3 unspecified atom stereocenters. The molecule has 264 valence electrons. The summed E-state index contributed by atoms with van der Waals surface area (Å²) >= 11 is 0. The van der Waals surface area contributed by atoms with Gasteiger partial charge in [0.1, 0.15) is 6.04 Å². The molecule has 11 nitrogen and oxygen atoms in total. The molecule has 5 rings (SSSR count). The third-order valence-electron chi connectivity index (χ3n) is 14.8. The molecule has 2 amide bonds. The summed E-state index contributed by atoms with van der Waals surface area (Å²) in [5, 5.41) is 35.6. The normalized spacial score (nSPS) is 46.3. The molecule has 0 saturated heterocycles. The maximum Gasteiger partial charge on any atom is 0.328 e. The maximum atomic E-state index is 14.5. The first-order valence-corrected chi connectivity index (χ1v) is 17.3. The van der Waals surface area contributed by atoms with Gasteiger partial charge in [0.25, 0.3) is 0 Å². The van der Waals surface area contributed by atoms with E-state index < -0.39 is 46.4 Å². The molecule has 0 radical (unpaired) electrons. The van der Waals surface area contributed by atoms with Gasteiger partial charge in [-0.2, -0.15) is 0 Å². The molecule has 5 aliphatic carbocycles. The summed E-state index contributed by atoms with van der Waals surface area (Å²) in [5.41, 5.74) is 3.09. The van der Waals surface area contributed by atoms with E-state index in [0.717, 1.165) is 18.4 Å². The number of rotatable bonds is 7. The molecule has 0 heterocycles. The third kappa shape index (κ3) is 4.99. The van der Waals surface area contributed by atoms with Crippen molar-refractivity contribution in [2.24, 2.45) is 56.0 Å². The number of amides is 2. The molecule has 47 heavy (non-hydrogen) atoms. The molecule has 6 N–H and O–H groups in total. The molecule has 11 heteroatoms. The summed E-state index contributed by atoms with van der Waals surface area (Å²) in [6, 6.07) is -1.21. The van der Waals surface area contributed by atoms with Crippen LogP contribution in [0, 0.1) is 50.2 Å². The van der Waals surface area contributed by atoms with E-state index in [1.807, 2.05) is 13.8 Å². The Morgan fingerprint density at radius 3 is 2.21 bits per heavy atom. The number of aliphatic hydroxyl groups excluding tert-OH is 3. The Balaban J connectivity index is 1.59. The van der Waals surface area contributed by atoms with Crippen molar-refractivity contribution >= 4 is 23.8 Å². The Labute approximate surface area is 278 Å². The van der Waals surface area contributed by atoms with Crippen LogP contribution in [0.15, 0.2) is 11.6 Å². The van der Waals surface area contributed by atoms with Gasteiger partial charge < -0.3 is 35.8 Å². The zero-order valence-corrected chi connectivity index (χ0v) is 29.2. The van der Waals surface area contributed by atoms with Crippen molar-refractivity contribution in [2.75, 3.05) is 20.8 Å². The standard InChI is InChI=1S/C36H56N2O9/c1-31(30(45)47-7)12-14-36(29(44)38-22(16-26(37)41)28(43)46-6)15-13-34(4)20(21(36)17-31)8-9-25-32(2)18-23(40)27(42)33(3,19-39)24(32)10-11-35(25,34)5/h8,21-25,27,39-40,42H,9-19H2,1-7H3,(H2,37,41)(H,38,44)/t21?,22-,23+,24?,25?,27+,31+,32+,33+,34-,35-,36+/m1/s1. The SMILES string of the molecule is COC(=O)[C@@H](CC(N)=O)NC(=O)[C@]12CC[C@](C)(C(=O)OC)CC1C1=CCC3[C@@]4(C)C[C@H](O)[C@H](O)[C@@](C)(CO)C4CC[C@@]3(C)[C@]1(C)CC2. The number of allylic oxidation sites excluding steroid dienone is 2. The average molecular weight is 661 g/mol. The largest absolute Gasteiger partial charge is 0.469 e. The Morgan fingerprint density at radius 2 is 1.62 bits per heavy atom. The van der Waals surface area contributed by atoms with E-state index >= 15 is 0 Å². The second-order valence-electron chi connectivity index (χ2n) is 16.9. The highest BCUT2D eigenvalue weighted by Crippen LogP contribution is 2.75. The maximum absolute atomic E-state index is 14.5. The van der Waals surface area contributed by atoms with Crippen LogP contribution in [0.4, 0.5) is 0 Å². The van der Waals surface area contributed by atoms with Crippen LogP contribution in [0.1, 0.15) is 98.8 Å². The van der Waals surface area contributed by atoms with E-state index in [4.69, 9.17) is 15.2 Å². The molecule has 0 aromatic rings. The quantitative estimate of drug-likeness (QED) is 0.202. The van der Waals surface area contributed by atoms with E-state index in [0.29, 0.717) is 44.9 Å². The molecular formula is C36H56N2O9. The molecule has 5 aliphatic rings. The van der Waals surface area contributed by atoms with Gasteiger partial charge in [-0.25, -0.2) is 4.79 Å². The average Bonchev–Trinajstić information content (AvgIpc) is 3.02. The molecule has 4 saturated carbocycles. The Bertz CT molecular complexity index is 1350. The summed E-state index contributed by atoms with van der Waals surface area (Å²) in [6.07, 6.45) is 5.21. The van der Waals surface area contributed by atoms with Gasteiger partial charge in [0.2, 0.25) is 11.8 Å². The molecule has 0 aromatic carbocycles. The van der Waals surface area contributed by atoms with Crippen molar-refractivity contribution in [2.45, 2.75) is 117 Å². The van der Waals surface area contributed by atoms with Crippen LogP contribution < -0.4 is 11.1 Å². The minimum atomic E-state index is -1.21. The number of hydrogen-bond donors (Lipinski definition) is 5. The second-order valence-corrected chi connectivity index (χ2v) is 16.9. The summed E-state index contributed by atoms with van der Waals surface area (Å²) in [4.78, 5) is 52.2. The first-order valence-electron chi connectivity index (χ1n) is 17.3. The van der Waals surface area contributed by atoms with Gasteiger partial charge in [-0.1, -0.05) is 39.3 Å². The fourth-order valence-corrected chi connectivity index (χ4v) is 11.9. The predicted octanol–water partition coefficient (Wildman–Crippen LogP) is 2.78. The number of methoxy groups -OCH3 is 2. The first kappa shape index (κ1) is 35.8. The summed E-state index contributed by atoms with van der Waals surface area (Å²) in [6.45, 7) is 10.5. The van der Waals surface area contributed by atoms with Crippen LogP contribution in [0.3, 0.4) is 0 Å². The zero-order chi connectivity index (χ0) is 35.0. The van der Waals surface area contributed by atoms with Crippen LogP contribution >= 0.6 is 0 Å². The number of nitrogens with two attached hydrogens (primary N) is 1. The molecule has 0 bridgehead atoms. The van der Waals surface area contributed by atoms with E-state index in [9.17, 15) is 34.5 Å². The molecular weight excluding hydrogens is 604 g/mol. The van der Waals surface area contributed by atoms with E-state index in [1.54, 1.807) is 0 Å². The second kappa shape index (κ2) is 11.8. The monoisotopic (exact) mass is 660 g/mol. The number of hydrogen-bond acceptors (Lipinski definition) is 9. The highest BCUT2D eigenvalue weighted by Gasteiger charge is 2.71. The minimum Gasteiger partial charge on any atom is -0.469 e. The van der Waals surface area contributed by atoms with E-state index in [1.165, 1.54) is 14.2 Å². The minimum absolute atomic E-state index is 0.0151. The van der Waals surface area contributed by atoms with Crippen molar-refractivity contribution in [3.63, 3.8) is 0 Å². The fourth-order valence-electron chi connectivity index (χ4n) is 11.9. The number of aliphatic hydroxyl groups is 3. The van der Waals surface area contributed by atoms with Crippen molar-refractivity contribution < 1.29 is 44.0 Å². The van der Waals surface area contributed by atoms with Gasteiger partial charge in [-0.15, -0.1) is 0 Å². The summed E-state index contributed by atoms with van der Waals surface area (Å²) in [7, 11) is 2.59. The number of carbonyl (C=O) groups excluding carboxylic acids is 4. The molecule has 4 fully saturated rings. The van der Waals surface area contributed by atoms with Gasteiger partial charge in [0.05, 0.1) is 50.3 Å². The van der Waals surface area contributed by atoms with Crippen LogP contribution in [-0.2, 0) is 28.7 Å². The van der Waals surface area contributed by atoms with Gasteiger partial charge >= 0.3 is 11.9 Å². The highest BCUT2D eigenvalue weighted by molar-refractivity contribution is 5.92. The van der Waals surface area contributed by atoms with Crippen LogP contribution in [0.5, 0.6) is 0 Å². The fraction of sp³-hybridized carbons (Fsp3) is 0.833. The number of carbonyl (C=O) groups is 4. The molecule has 0 aromatic heterocycles. The van der Waals surface area contributed by atoms with Crippen molar-refractivity contribution in [3.8, 4) is 0 Å². The summed E-state index contributed by atoms with van der Waals surface area (Å²) in [5.74, 6) is -2.29. The van der Waals surface area contributed by atoms with E-state index in [-0.39, 0.29) is 58.9 Å². The van der Waals surface area contributed by atoms with E-state index in [2.05, 4.69) is 32.2 Å². The molecule has 0 aliphatic heterocycles. The first-order chi connectivity index (χ1) is 21.8. The number of fused-ring (bicyclic) bond motifs is 7. The number of esters is 2. The molecule has 0 spiro atoms. The Hall–Kier alpha value is -2.50. The zero-order valence-electron chi connectivity index (χ0n) is 29.2. The van der Waals surface area contributed by atoms with Crippen molar-refractivity contribution in [3.05, 3.63) is 11.6 Å². The highest BCUT2D eigenvalue weighted by atomic mass is 16.5. The van der Waals surface area contributed by atoms with Crippen LogP contribution in [0.25, 0.3) is 0 Å². The molecule has 12 atom stereocenters. The summed E-state index contributed by atoms with van der Waals surface area (Å²) < 4.78 is 10.2. The lowest BCUT2D eigenvalue weighted by Crippen LogP contribution is -2.68. The Morgan fingerprint density at radius 1 is 0.957 bits per heavy atom. The van der Waals surface area contributed by atoms with Crippen molar-refractivity contribution in [1.29, 1.82) is 0 Å². The lowest BCUT2D eigenvalue weighted by atomic mass is 9.33. The van der Waals surface area contributed by atoms with Gasteiger partial charge in [0.15, 0.2) is 0 Å². The predicted molar refractivity (Wildman–Crippen MR) is 172 cm³/mol. The Kier molecular flexibility index (Phi) is 9.01. The third-order valence-corrected chi connectivity index (χ3v) is 14.8. The number of nitrogens with one attached hydrogen (secondary N) is 1. The van der Waals surface area contributed by atoms with Crippen LogP contribution in [0.2, 0.25) is 0 Å². The topological polar surface area (TPSA) is 185 Å². The lowest BCUT2D eigenvalue weighted by molar-refractivity contribution is -0.243. The van der Waals surface area contributed by atoms with Crippen LogP contribution in [-0.4, -0.2) is 78.1 Å². The number of ether oxygens (including phenoxy) is 2. The van der Waals surface area contributed by atoms with Gasteiger partial charge in [0, 0.05) is 5.41 Å².